The standard InChI is InChI=1S/C19H20ClNO/c1-14-4-2-5-16(12-14)18-6-3-11-21(18)19(22)13-15-7-9-17(20)10-8-15/h2,4-5,7-10,12,18H,3,6,11,13H2,1H3. The second kappa shape index (κ2) is 6.53. The minimum Gasteiger partial charge on any atom is -0.335 e. The van der Waals surface area contributed by atoms with Gasteiger partial charge in [-0.2, -0.15) is 0 Å². The van der Waals surface area contributed by atoms with Crippen LogP contribution in [-0.4, -0.2) is 17.4 Å². The maximum Gasteiger partial charge on any atom is 0.227 e. The number of benzene rings is 2. The van der Waals surface area contributed by atoms with E-state index in [1.807, 2.05) is 29.2 Å². The summed E-state index contributed by atoms with van der Waals surface area (Å²) in [6, 6.07) is 16.3. The third kappa shape index (κ3) is 3.33. The number of rotatable bonds is 3. The van der Waals surface area contributed by atoms with Gasteiger partial charge in [0.1, 0.15) is 0 Å². The average Bonchev–Trinajstić information content (AvgIpc) is 2.99. The zero-order valence-corrected chi connectivity index (χ0v) is 13.5. The van der Waals surface area contributed by atoms with Gasteiger partial charge in [-0.15, -0.1) is 0 Å². The maximum atomic E-state index is 12.7. The fourth-order valence-electron chi connectivity index (χ4n) is 3.17. The molecule has 0 spiro atoms. The number of hydrogen-bond acceptors (Lipinski definition) is 1. The lowest BCUT2D eigenvalue weighted by molar-refractivity contribution is -0.131. The Labute approximate surface area is 136 Å². The van der Waals surface area contributed by atoms with E-state index in [1.165, 1.54) is 11.1 Å². The van der Waals surface area contributed by atoms with Crippen LogP contribution in [-0.2, 0) is 11.2 Å². The molecule has 0 bridgehead atoms. The first-order valence-corrected chi connectivity index (χ1v) is 8.12. The van der Waals surface area contributed by atoms with Crippen LogP contribution in [0.25, 0.3) is 0 Å². The predicted octanol–water partition coefficient (Wildman–Crippen LogP) is 4.55. The summed E-state index contributed by atoms with van der Waals surface area (Å²) in [6.45, 7) is 2.95. The minimum absolute atomic E-state index is 0.200. The Morgan fingerprint density at radius 2 is 2.00 bits per heavy atom. The van der Waals surface area contributed by atoms with Crippen LogP contribution in [0.3, 0.4) is 0 Å². The van der Waals surface area contributed by atoms with E-state index in [-0.39, 0.29) is 11.9 Å². The number of carbonyl (C=O) groups excluding carboxylic acids is 1. The van der Waals surface area contributed by atoms with Crippen molar-refractivity contribution in [2.24, 2.45) is 0 Å². The highest BCUT2D eigenvalue weighted by atomic mass is 35.5. The smallest absolute Gasteiger partial charge is 0.227 e. The number of carbonyl (C=O) groups is 1. The molecule has 2 aromatic rings. The van der Waals surface area contributed by atoms with Crippen molar-refractivity contribution < 1.29 is 4.79 Å². The Morgan fingerprint density at radius 3 is 2.73 bits per heavy atom. The van der Waals surface area contributed by atoms with Crippen LogP contribution < -0.4 is 0 Å². The van der Waals surface area contributed by atoms with E-state index in [2.05, 4.69) is 31.2 Å². The van der Waals surface area contributed by atoms with Gasteiger partial charge in [0.25, 0.3) is 0 Å². The Hall–Kier alpha value is -1.80. The van der Waals surface area contributed by atoms with Crippen LogP contribution in [0.5, 0.6) is 0 Å². The SMILES string of the molecule is Cc1cccc(C2CCCN2C(=O)Cc2ccc(Cl)cc2)c1. The van der Waals surface area contributed by atoms with Crippen molar-refractivity contribution in [3.8, 4) is 0 Å². The summed E-state index contributed by atoms with van der Waals surface area (Å²) in [4.78, 5) is 14.7. The van der Waals surface area contributed by atoms with E-state index in [0.29, 0.717) is 11.4 Å². The van der Waals surface area contributed by atoms with E-state index >= 15 is 0 Å². The number of amides is 1. The topological polar surface area (TPSA) is 20.3 Å². The van der Waals surface area contributed by atoms with Gasteiger partial charge in [-0.3, -0.25) is 4.79 Å². The molecular weight excluding hydrogens is 294 g/mol. The lowest BCUT2D eigenvalue weighted by Gasteiger charge is -2.25. The third-order valence-corrected chi connectivity index (χ3v) is 4.52. The van der Waals surface area contributed by atoms with Crippen molar-refractivity contribution in [2.45, 2.75) is 32.2 Å². The highest BCUT2D eigenvalue weighted by Gasteiger charge is 2.29. The molecule has 2 aromatic carbocycles. The Kier molecular flexibility index (Phi) is 4.49. The van der Waals surface area contributed by atoms with Crippen LogP contribution in [0.4, 0.5) is 0 Å². The fraction of sp³-hybridized carbons (Fsp3) is 0.316. The largest absolute Gasteiger partial charge is 0.335 e. The van der Waals surface area contributed by atoms with Crippen molar-refractivity contribution in [1.82, 2.24) is 4.90 Å². The fourth-order valence-corrected chi connectivity index (χ4v) is 3.29. The molecule has 3 rings (SSSR count). The molecule has 1 saturated heterocycles. The molecule has 1 fully saturated rings. The van der Waals surface area contributed by atoms with Gasteiger partial charge in [-0.1, -0.05) is 53.6 Å². The average molecular weight is 314 g/mol. The Morgan fingerprint density at radius 1 is 1.23 bits per heavy atom. The molecule has 22 heavy (non-hydrogen) atoms. The van der Waals surface area contributed by atoms with Crippen LogP contribution in [0.1, 0.15) is 35.6 Å². The molecule has 0 aromatic heterocycles. The molecule has 1 heterocycles. The number of aryl methyl sites for hydroxylation is 1. The van der Waals surface area contributed by atoms with Gasteiger partial charge in [0.2, 0.25) is 5.91 Å². The Balaban J connectivity index is 1.75. The second-order valence-electron chi connectivity index (χ2n) is 5.96. The molecule has 0 aliphatic carbocycles. The summed E-state index contributed by atoms with van der Waals surface area (Å²) in [5.74, 6) is 0.200. The lowest BCUT2D eigenvalue weighted by atomic mass is 10.0. The van der Waals surface area contributed by atoms with E-state index in [1.54, 1.807) is 0 Å². The van der Waals surface area contributed by atoms with E-state index in [4.69, 9.17) is 11.6 Å². The molecule has 3 heteroatoms. The zero-order chi connectivity index (χ0) is 15.5. The maximum absolute atomic E-state index is 12.7. The number of nitrogens with zero attached hydrogens (tertiary/aromatic N) is 1. The van der Waals surface area contributed by atoms with Gasteiger partial charge in [-0.25, -0.2) is 0 Å². The van der Waals surface area contributed by atoms with Gasteiger partial charge in [0.15, 0.2) is 0 Å². The second-order valence-corrected chi connectivity index (χ2v) is 6.40. The van der Waals surface area contributed by atoms with Crippen molar-refractivity contribution in [2.75, 3.05) is 6.54 Å². The number of halogens is 1. The molecule has 1 aliphatic heterocycles. The van der Waals surface area contributed by atoms with Crippen molar-refractivity contribution in [1.29, 1.82) is 0 Å². The lowest BCUT2D eigenvalue weighted by Crippen LogP contribution is -2.31. The molecule has 1 atom stereocenters. The van der Waals surface area contributed by atoms with Crippen LogP contribution in [0.2, 0.25) is 5.02 Å². The van der Waals surface area contributed by atoms with Crippen molar-refractivity contribution in [3.05, 3.63) is 70.2 Å². The number of likely N-dealkylation sites (tertiary alicyclic amines) is 1. The third-order valence-electron chi connectivity index (χ3n) is 4.27. The van der Waals surface area contributed by atoms with E-state index in [0.717, 1.165) is 24.9 Å². The van der Waals surface area contributed by atoms with Crippen molar-refractivity contribution >= 4 is 17.5 Å². The monoisotopic (exact) mass is 313 g/mol. The summed E-state index contributed by atoms with van der Waals surface area (Å²) < 4.78 is 0. The highest BCUT2D eigenvalue weighted by molar-refractivity contribution is 6.30. The van der Waals surface area contributed by atoms with Gasteiger partial charge in [-0.05, 0) is 43.0 Å². The van der Waals surface area contributed by atoms with E-state index in [9.17, 15) is 4.79 Å². The first-order valence-electron chi connectivity index (χ1n) is 7.74. The molecule has 1 unspecified atom stereocenters. The van der Waals surface area contributed by atoms with Gasteiger partial charge in [0.05, 0.1) is 12.5 Å². The normalized spacial score (nSPS) is 17.7. The van der Waals surface area contributed by atoms with Gasteiger partial charge in [0, 0.05) is 11.6 Å². The molecular formula is C19H20ClNO. The minimum atomic E-state index is 0.200. The van der Waals surface area contributed by atoms with Crippen LogP contribution in [0.15, 0.2) is 48.5 Å². The summed E-state index contributed by atoms with van der Waals surface area (Å²) in [6.07, 6.45) is 2.57. The number of hydrogen-bond donors (Lipinski definition) is 0. The van der Waals surface area contributed by atoms with E-state index < -0.39 is 0 Å². The molecule has 0 N–H and O–H groups in total. The molecule has 1 amide bonds. The summed E-state index contributed by atoms with van der Waals surface area (Å²) >= 11 is 5.90. The first kappa shape index (κ1) is 15.1. The van der Waals surface area contributed by atoms with Crippen LogP contribution >= 0.6 is 11.6 Å². The molecule has 0 saturated carbocycles. The summed E-state index contributed by atoms with van der Waals surface area (Å²) in [5, 5.41) is 0.704. The zero-order valence-electron chi connectivity index (χ0n) is 12.8. The molecule has 1 aliphatic rings. The molecule has 0 radical (unpaired) electrons. The van der Waals surface area contributed by atoms with Crippen LogP contribution in [0, 0.1) is 6.92 Å². The highest BCUT2D eigenvalue weighted by Crippen LogP contribution is 2.32. The first-order chi connectivity index (χ1) is 10.6. The van der Waals surface area contributed by atoms with Crippen molar-refractivity contribution in [3.63, 3.8) is 0 Å². The Bertz CT molecular complexity index is 665. The predicted molar refractivity (Wildman–Crippen MR) is 90.0 cm³/mol. The summed E-state index contributed by atoms with van der Waals surface area (Å²) in [5.41, 5.74) is 3.51. The van der Waals surface area contributed by atoms with Gasteiger partial charge >= 0.3 is 0 Å². The quantitative estimate of drug-likeness (QED) is 0.813. The van der Waals surface area contributed by atoms with Gasteiger partial charge < -0.3 is 4.90 Å². The summed E-state index contributed by atoms with van der Waals surface area (Å²) in [7, 11) is 0. The molecule has 2 nitrogen and oxygen atoms in total. The molecule has 114 valence electrons.